The second-order valence-electron chi connectivity index (χ2n) is 2.61. The minimum Gasteiger partial charge on any atom is -0.480 e. The lowest BCUT2D eigenvalue weighted by Crippen LogP contribution is -2.38. The van der Waals surface area contributed by atoms with E-state index in [1.54, 1.807) is 0 Å². The van der Waals surface area contributed by atoms with Crippen LogP contribution >= 0.6 is 0 Å². The monoisotopic (exact) mass is 190 g/mol. The maximum absolute atomic E-state index is 9.63. The summed E-state index contributed by atoms with van der Waals surface area (Å²) >= 11 is 0. The summed E-state index contributed by atoms with van der Waals surface area (Å²) in [4.78, 5) is 19.3. The lowest BCUT2D eigenvalue weighted by molar-refractivity contribution is -0.149. The highest BCUT2D eigenvalue weighted by molar-refractivity contribution is 5.96. The lowest BCUT2D eigenvalue weighted by Gasteiger charge is -1.95. The van der Waals surface area contributed by atoms with E-state index in [4.69, 9.17) is 10.2 Å². The van der Waals surface area contributed by atoms with Gasteiger partial charge in [0, 0.05) is 0 Å². The summed E-state index contributed by atoms with van der Waals surface area (Å²) in [5.74, 6) is -3.06. The first-order valence-corrected chi connectivity index (χ1v) is 3.97. The SMILES string of the molecule is C1CCNC1.NC(C(=O)O)C(=O)O. The summed E-state index contributed by atoms with van der Waals surface area (Å²) in [5, 5.41) is 18.9. The second-order valence-corrected chi connectivity index (χ2v) is 2.61. The quantitative estimate of drug-likeness (QED) is 0.409. The van der Waals surface area contributed by atoms with Gasteiger partial charge in [-0.2, -0.15) is 0 Å². The number of nitrogens with two attached hydrogens (primary N) is 1. The Labute approximate surface area is 75.7 Å². The van der Waals surface area contributed by atoms with E-state index in [0.717, 1.165) is 0 Å². The molecule has 1 aliphatic heterocycles. The van der Waals surface area contributed by atoms with E-state index in [1.807, 2.05) is 0 Å². The molecule has 0 amide bonds. The first-order chi connectivity index (χ1) is 6.05. The van der Waals surface area contributed by atoms with Crippen molar-refractivity contribution in [2.75, 3.05) is 13.1 Å². The molecule has 6 heteroatoms. The molecule has 1 heterocycles. The molecule has 1 rings (SSSR count). The van der Waals surface area contributed by atoms with Crippen LogP contribution in [0.1, 0.15) is 12.8 Å². The minimum absolute atomic E-state index is 1.25. The third-order valence-corrected chi connectivity index (χ3v) is 1.49. The topological polar surface area (TPSA) is 113 Å². The summed E-state index contributed by atoms with van der Waals surface area (Å²) in [6.45, 7) is 2.50. The number of rotatable bonds is 2. The summed E-state index contributed by atoms with van der Waals surface area (Å²) in [5.41, 5.74) is 4.56. The Balaban J connectivity index is 0.000000243. The molecule has 1 aliphatic rings. The fraction of sp³-hybridized carbons (Fsp3) is 0.714. The van der Waals surface area contributed by atoms with E-state index in [0.29, 0.717) is 0 Å². The van der Waals surface area contributed by atoms with Gasteiger partial charge < -0.3 is 21.3 Å². The molecule has 0 unspecified atom stereocenters. The molecule has 0 aromatic rings. The second kappa shape index (κ2) is 6.38. The Hall–Kier alpha value is -1.14. The molecule has 76 valence electrons. The zero-order valence-electron chi connectivity index (χ0n) is 7.19. The van der Waals surface area contributed by atoms with Crippen LogP contribution in [0.5, 0.6) is 0 Å². The Morgan fingerprint density at radius 2 is 1.54 bits per heavy atom. The average molecular weight is 190 g/mol. The zero-order valence-corrected chi connectivity index (χ0v) is 7.19. The minimum atomic E-state index is -1.80. The van der Waals surface area contributed by atoms with E-state index in [2.05, 4.69) is 11.1 Å². The normalized spacial score (nSPS) is 14.9. The predicted molar refractivity (Wildman–Crippen MR) is 45.4 cm³/mol. The molecule has 0 aromatic heterocycles. The number of nitrogens with one attached hydrogen (secondary N) is 1. The highest BCUT2D eigenvalue weighted by Crippen LogP contribution is 1.90. The fourth-order valence-corrected chi connectivity index (χ4v) is 0.731. The van der Waals surface area contributed by atoms with Gasteiger partial charge in [-0.1, -0.05) is 0 Å². The van der Waals surface area contributed by atoms with Crippen LogP contribution in [-0.2, 0) is 9.59 Å². The number of aliphatic carboxylic acids is 2. The highest BCUT2D eigenvalue weighted by atomic mass is 16.4. The van der Waals surface area contributed by atoms with Crippen molar-refractivity contribution >= 4 is 11.9 Å². The van der Waals surface area contributed by atoms with Crippen molar-refractivity contribution in [1.29, 1.82) is 0 Å². The summed E-state index contributed by atoms with van der Waals surface area (Å²) in [6.07, 6.45) is 2.78. The van der Waals surface area contributed by atoms with Gasteiger partial charge >= 0.3 is 11.9 Å². The Bertz CT molecular complexity index is 158. The van der Waals surface area contributed by atoms with Crippen LogP contribution in [0.3, 0.4) is 0 Å². The molecule has 0 bridgehead atoms. The van der Waals surface area contributed by atoms with Crippen LogP contribution in [0.15, 0.2) is 0 Å². The van der Waals surface area contributed by atoms with Gasteiger partial charge in [0.05, 0.1) is 0 Å². The Morgan fingerprint density at radius 3 is 1.62 bits per heavy atom. The van der Waals surface area contributed by atoms with Gasteiger partial charge in [0.2, 0.25) is 6.04 Å². The third-order valence-electron chi connectivity index (χ3n) is 1.49. The lowest BCUT2D eigenvalue weighted by atomic mass is 10.3. The number of hydrogen-bond donors (Lipinski definition) is 4. The van der Waals surface area contributed by atoms with Crippen molar-refractivity contribution in [3.05, 3.63) is 0 Å². The summed E-state index contributed by atoms with van der Waals surface area (Å²) in [7, 11) is 0. The molecule has 13 heavy (non-hydrogen) atoms. The fourth-order valence-electron chi connectivity index (χ4n) is 0.731. The first-order valence-electron chi connectivity index (χ1n) is 3.97. The zero-order chi connectivity index (χ0) is 10.3. The van der Waals surface area contributed by atoms with Crippen molar-refractivity contribution in [3.8, 4) is 0 Å². The van der Waals surface area contributed by atoms with Crippen molar-refractivity contribution in [1.82, 2.24) is 5.32 Å². The third kappa shape index (κ3) is 6.06. The molecule has 1 fully saturated rings. The van der Waals surface area contributed by atoms with Gasteiger partial charge in [0.15, 0.2) is 0 Å². The standard InChI is InChI=1S/C4H9N.C3H5NO4/c1-2-4-5-3-1;4-1(2(5)6)3(7)8/h5H,1-4H2;1H,4H2,(H,5,6)(H,7,8). The Morgan fingerprint density at radius 1 is 1.15 bits per heavy atom. The molecule has 0 aliphatic carbocycles. The smallest absolute Gasteiger partial charge is 0.332 e. The predicted octanol–water partition coefficient (Wildman–Crippen LogP) is -1.15. The van der Waals surface area contributed by atoms with Crippen LogP contribution in [0.25, 0.3) is 0 Å². The molecular weight excluding hydrogens is 176 g/mol. The largest absolute Gasteiger partial charge is 0.480 e. The summed E-state index contributed by atoms with van der Waals surface area (Å²) in [6, 6.07) is -1.80. The van der Waals surface area contributed by atoms with Gasteiger partial charge in [0.25, 0.3) is 0 Å². The van der Waals surface area contributed by atoms with Crippen LogP contribution in [0.4, 0.5) is 0 Å². The number of hydrogen-bond acceptors (Lipinski definition) is 4. The van der Waals surface area contributed by atoms with Crippen molar-refractivity contribution in [2.45, 2.75) is 18.9 Å². The molecule has 0 radical (unpaired) electrons. The highest BCUT2D eigenvalue weighted by Gasteiger charge is 2.18. The van der Waals surface area contributed by atoms with Crippen LogP contribution in [0.2, 0.25) is 0 Å². The summed E-state index contributed by atoms with van der Waals surface area (Å²) < 4.78 is 0. The molecule has 1 saturated heterocycles. The molecule has 0 atom stereocenters. The van der Waals surface area contributed by atoms with E-state index >= 15 is 0 Å². The molecule has 0 saturated carbocycles. The molecule has 6 nitrogen and oxygen atoms in total. The van der Waals surface area contributed by atoms with Crippen LogP contribution < -0.4 is 11.1 Å². The van der Waals surface area contributed by atoms with Gasteiger partial charge in [-0.25, -0.2) is 9.59 Å². The van der Waals surface area contributed by atoms with Gasteiger partial charge in [-0.05, 0) is 25.9 Å². The maximum atomic E-state index is 9.63. The van der Waals surface area contributed by atoms with Gasteiger partial charge in [-0.15, -0.1) is 0 Å². The number of carbonyl (C=O) groups is 2. The van der Waals surface area contributed by atoms with E-state index in [-0.39, 0.29) is 0 Å². The molecule has 0 spiro atoms. The van der Waals surface area contributed by atoms with Crippen LogP contribution in [-0.4, -0.2) is 41.3 Å². The van der Waals surface area contributed by atoms with Crippen LogP contribution in [0, 0.1) is 0 Å². The molecule has 0 aromatic carbocycles. The first kappa shape index (κ1) is 11.9. The Kier molecular flexibility index (Phi) is 5.82. The van der Waals surface area contributed by atoms with Gasteiger partial charge in [-0.3, -0.25) is 0 Å². The van der Waals surface area contributed by atoms with E-state index in [9.17, 15) is 9.59 Å². The number of carboxylic acids is 2. The molecular formula is C7H14N2O4. The maximum Gasteiger partial charge on any atom is 0.332 e. The van der Waals surface area contributed by atoms with Gasteiger partial charge in [0.1, 0.15) is 0 Å². The average Bonchev–Trinajstić information content (AvgIpc) is 2.59. The van der Waals surface area contributed by atoms with Crippen molar-refractivity contribution < 1.29 is 19.8 Å². The number of carboxylic acid groups (broad SMARTS) is 2. The van der Waals surface area contributed by atoms with Crippen molar-refractivity contribution in [2.24, 2.45) is 5.73 Å². The van der Waals surface area contributed by atoms with Crippen molar-refractivity contribution in [3.63, 3.8) is 0 Å². The molecule has 5 N–H and O–H groups in total. The van der Waals surface area contributed by atoms with E-state index in [1.165, 1.54) is 25.9 Å². The van der Waals surface area contributed by atoms with E-state index < -0.39 is 18.0 Å².